The fraction of sp³-hybridized carbons (Fsp3) is 0.300. The topological polar surface area (TPSA) is 128 Å². The number of halogens is 1. The molecule has 2 aromatic heterocycles. The lowest BCUT2D eigenvalue weighted by atomic mass is 10.1. The molecule has 0 spiro atoms. The van der Waals surface area contributed by atoms with Gasteiger partial charge in [0.15, 0.2) is 6.10 Å². The average Bonchev–Trinajstić information content (AvgIpc) is 3.56. The summed E-state index contributed by atoms with van der Waals surface area (Å²) in [6.07, 6.45) is 2.29. The molecule has 32 heavy (non-hydrogen) atoms. The number of carbonyl (C=O) groups is 1. The number of aliphatic hydroxyl groups is 1. The van der Waals surface area contributed by atoms with Crippen LogP contribution in [0, 0.1) is 5.82 Å². The van der Waals surface area contributed by atoms with Crippen LogP contribution in [0.2, 0.25) is 0 Å². The molecular weight excluding hydrogens is 421 g/mol. The second-order valence-electron chi connectivity index (χ2n) is 7.36. The van der Waals surface area contributed by atoms with Gasteiger partial charge in [-0.3, -0.25) is 4.90 Å². The van der Waals surface area contributed by atoms with E-state index in [0.717, 1.165) is 0 Å². The Morgan fingerprint density at radius 3 is 2.69 bits per heavy atom. The van der Waals surface area contributed by atoms with E-state index in [4.69, 9.17) is 14.7 Å². The summed E-state index contributed by atoms with van der Waals surface area (Å²) >= 11 is 0. The van der Waals surface area contributed by atoms with Crippen LogP contribution in [0.3, 0.4) is 0 Å². The van der Waals surface area contributed by atoms with Crippen molar-refractivity contribution in [1.82, 2.24) is 25.2 Å². The summed E-state index contributed by atoms with van der Waals surface area (Å²) in [4.78, 5) is 18.7. The number of aromatic nitrogens is 5. The van der Waals surface area contributed by atoms with Crippen LogP contribution in [0.15, 0.2) is 47.9 Å². The van der Waals surface area contributed by atoms with Crippen molar-refractivity contribution in [3.63, 3.8) is 0 Å². The van der Waals surface area contributed by atoms with Crippen molar-refractivity contribution in [1.29, 1.82) is 0 Å². The van der Waals surface area contributed by atoms with Crippen LogP contribution in [-0.2, 0) is 16.1 Å². The Hall–Kier alpha value is -3.93. The smallest absolute Gasteiger partial charge is 0.414 e. The van der Waals surface area contributed by atoms with Crippen LogP contribution < -0.4 is 4.90 Å². The zero-order valence-corrected chi connectivity index (χ0v) is 16.7. The minimum atomic E-state index is -0.549. The maximum Gasteiger partial charge on any atom is 0.414 e. The van der Waals surface area contributed by atoms with Crippen LogP contribution in [0.5, 0.6) is 0 Å². The number of amides is 1. The highest BCUT2D eigenvalue weighted by molar-refractivity contribution is 5.99. The fourth-order valence-corrected chi connectivity index (χ4v) is 3.55. The fourth-order valence-electron chi connectivity index (χ4n) is 3.55. The molecule has 164 valence electrons. The van der Waals surface area contributed by atoms with E-state index in [-0.39, 0.29) is 24.8 Å². The molecule has 3 aromatic rings. The van der Waals surface area contributed by atoms with E-state index in [1.165, 1.54) is 11.0 Å². The van der Waals surface area contributed by atoms with Crippen molar-refractivity contribution in [2.75, 3.05) is 18.1 Å². The molecule has 0 aliphatic carbocycles. The minimum Gasteiger partial charge on any atom is -0.442 e. The molecule has 2 unspecified atom stereocenters. The number of nitrogens with zero attached hydrogens (tertiary/aromatic N) is 7. The molecule has 11 nitrogen and oxygen atoms in total. The normalized spacial score (nSPS) is 20.2. The van der Waals surface area contributed by atoms with Crippen molar-refractivity contribution in [3.8, 4) is 11.3 Å². The van der Waals surface area contributed by atoms with Gasteiger partial charge in [-0.25, -0.2) is 13.9 Å². The van der Waals surface area contributed by atoms with Gasteiger partial charge in [0.05, 0.1) is 37.3 Å². The van der Waals surface area contributed by atoms with Crippen molar-refractivity contribution in [3.05, 3.63) is 54.2 Å². The largest absolute Gasteiger partial charge is 0.442 e. The molecule has 0 saturated carbocycles. The van der Waals surface area contributed by atoms with E-state index in [2.05, 4.69) is 25.7 Å². The van der Waals surface area contributed by atoms with E-state index in [1.807, 2.05) is 0 Å². The molecule has 1 fully saturated rings. The standard InChI is InChI=1S/C20H18FN7O4/c21-16-7-12(28-10-14(31-20(28)30)9-27-6-5-22-26-27)1-2-15(16)17-3-4-18(24-23-17)19-8-13(11-29)32-25-19/h1-7,13-14,29H,8-11H2. The number of anilines is 1. The summed E-state index contributed by atoms with van der Waals surface area (Å²) in [6.45, 7) is 0.493. The Morgan fingerprint density at radius 1 is 1.16 bits per heavy atom. The van der Waals surface area contributed by atoms with Gasteiger partial charge >= 0.3 is 6.09 Å². The van der Waals surface area contributed by atoms with Crippen LogP contribution in [0.25, 0.3) is 11.3 Å². The molecule has 4 heterocycles. The van der Waals surface area contributed by atoms with Gasteiger partial charge in [-0.15, -0.1) is 15.3 Å². The monoisotopic (exact) mass is 439 g/mol. The summed E-state index contributed by atoms with van der Waals surface area (Å²) < 4.78 is 21.8. The number of oxime groups is 1. The zero-order valence-electron chi connectivity index (χ0n) is 16.7. The number of ether oxygens (including phenoxy) is 1. The maximum atomic E-state index is 14.9. The first-order chi connectivity index (χ1) is 15.6. The summed E-state index contributed by atoms with van der Waals surface area (Å²) in [5.74, 6) is -0.543. The van der Waals surface area contributed by atoms with Gasteiger partial charge in [-0.05, 0) is 30.3 Å². The third kappa shape index (κ3) is 3.87. The molecule has 1 aromatic carbocycles. The van der Waals surface area contributed by atoms with Crippen LogP contribution in [-0.4, -0.2) is 67.5 Å². The van der Waals surface area contributed by atoms with Gasteiger partial charge in [-0.1, -0.05) is 10.4 Å². The summed E-state index contributed by atoms with van der Waals surface area (Å²) in [5.41, 5.74) is 2.04. The van der Waals surface area contributed by atoms with E-state index in [0.29, 0.717) is 35.8 Å². The molecule has 2 aliphatic rings. The van der Waals surface area contributed by atoms with Gasteiger partial charge in [0, 0.05) is 18.2 Å². The molecule has 5 rings (SSSR count). The van der Waals surface area contributed by atoms with Gasteiger partial charge in [0.25, 0.3) is 0 Å². The Kier molecular flexibility index (Phi) is 5.19. The molecule has 1 amide bonds. The SMILES string of the molecule is O=C1OC(Cn2ccnn2)CN1c1ccc(-c2ccc(C3=NOC(CO)C3)nn2)c(F)c1. The Balaban J connectivity index is 1.30. The summed E-state index contributed by atoms with van der Waals surface area (Å²) in [6, 6.07) is 7.75. The Morgan fingerprint density at radius 2 is 2.00 bits per heavy atom. The Labute approximate surface area is 181 Å². The van der Waals surface area contributed by atoms with Crippen LogP contribution in [0.4, 0.5) is 14.9 Å². The lowest BCUT2D eigenvalue weighted by Crippen LogP contribution is -2.26. The molecule has 1 saturated heterocycles. The van der Waals surface area contributed by atoms with Crippen molar-refractivity contribution in [2.45, 2.75) is 25.2 Å². The van der Waals surface area contributed by atoms with Gasteiger partial charge < -0.3 is 14.7 Å². The average molecular weight is 439 g/mol. The number of benzene rings is 1. The van der Waals surface area contributed by atoms with E-state index < -0.39 is 18.0 Å². The van der Waals surface area contributed by atoms with Gasteiger partial charge in [0.2, 0.25) is 0 Å². The van der Waals surface area contributed by atoms with Crippen molar-refractivity contribution < 1.29 is 23.9 Å². The zero-order chi connectivity index (χ0) is 22.1. The minimum absolute atomic E-state index is 0.137. The van der Waals surface area contributed by atoms with E-state index in [1.54, 1.807) is 41.3 Å². The van der Waals surface area contributed by atoms with Crippen LogP contribution in [0.1, 0.15) is 12.1 Å². The van der Waals surface area contributed by atoms with Gasteiger partial charge in [0.1, 0.15) is 23.3 Å². The third-order valence-electron chi connectivity index (χ3n) is 5.17. The summed E-state index contributed by atoms with van der Waals surface area (Å²) in [7, 11) is 0. The van der Waals surface area contributed by atoms with Crippen molar-refractivity contribution >= 4 is 17.5 Å². The maximum absolute atomic E-state index is 14.9. The predicted molar refractivity (Wildman–Crippen MR) is 108 cm³/mol. The molecule has 2 aliphatic heterocycles. The van der Waals surface area contributed by atoms with E-state index in [9.17, 15) is 9.18 Å². The molecule has 1 N–H and O–H groups in total. The lowest BCUT2D eigenvalue weighted by Gasteiger charge is -2.14. The first-order valence-electron chi connectivity index (χ1n) is 9.90. The molecule has 0 radical (unpaired) electrons. The number of carbonyl (C=O) groups excluding carboxylic acids is 1. The molecular formula is C20H18FN7O4. The highest BCUT2D eigenvalue weighted by atomic mass is 19.1. The Bertz CT molecular complexity index is 1150. The number of cyclic esters (lactones) is 1. The number of hydrogen-bond donors (Lipinski definition) is 1. The number of aliphatic hydroxyl groups excluding tert-OH is 1. The first-order valence-corrected chi connectivity index (χ1v) is 9.90. The molecule has 12 heteroatoms. The highest BCUT2D eigenvalue weighted by Gasteiger charge is 2.33. The van der Waals surface area contributed by atoms with E-state index >= 15 is 0 Å². The molecule has 0 bridgehead atoms. The number of hydrogen-bond acceptors (Lipinski definition) is 9. The number of rotatable bonds is 6. The summed E-state index contributed by atoms with van der Waals surface area (Å²) in [5, 5.41) is 28.8. The predicted octanol–water partition coefficient (Wildman–Crippen LogP) is 1.38. The highest BCUT2D eigenvalue weighted by Crippen LogP contribution is 2.28. The second-order valence-corrected chi connectivity index (χ2v) is 7.36. The first kappa shape index (κ1) is 20.0. The second kappa shape index (κ2) is 8.30. The van der Waals surface area contributed by atoms with Crippen molar-refractivity contribution in [2.24, 2.45) is 5.16 Å². The third-order valence-corrected chi connectivity index (χ3v) is 5.17. The quantitative estimate of drug-likeness (QED) is 0.610. The lowest BCUT2D eigenvalue weighted by molar-refractivity contribution is 0.0390. The molecule has 2 atom stereocenters. The van der Waals surface area contributed by atoms with Crippen LogP contribution >= 0.6 is 0 Å². The van der Waals surface area contributed by atoms with Gasteiger partial charge in [-0.2, -0.15) is 0 Å².